The maximum atomic E-state index is 12.6. The first-order chi connectivity index (χ1) is 15.5. The largest absolute Gasteiger partial charge is 0.361 e. The van der Waals surface area contributed by atoms with Crippen molar-refractivity contribution in [3.63, 3.8) is 0 Å². The molecular weight excluding hydrogens is 398 g/mol. The van der Waals surface area contributed by atoms with Gasteiger partial charge in [-0.25, -0.2) is 0 Å². The fourth-order valence-electron chi connectivity index (χ4n) is 3.67. The van der Waals surface area contributed by atoms with Crippen LogP contribution in [0.15, 0.2) is 72.9 Å². The van der Waals surface area contributed by atoms with Gasteiger partial charge in [-0.05, 0) is 52.4 Å². The van der Waals surface area contributed by atoms with Gasteiger partial charge in [-0.3, -0.25) is 14.9 Å². The number of carbonyl (C=O) groups excluding carboxylic acids is 2. The molecule has 0 saturated heterocycles. The number of fused-ring (bicyclic) bond motifs is 1. The lowest BCUT2D eigenvalue weighted by atomic mass is 9.91. The summed E-state index contributed by atoms with van der Waals surface area (Å²) in [6, 6.07) is 23.4. The van der Waals surface area contributed by atoms with Crippen molar-refractivity contribution in [3.05, 3.63) is 95.2 Å². The van der Waals surface area contributed by atoms with Crippen LogP contribution in [0.1, 0.15) is 46.8 Å². The summed E-state index contributed by atoms with van der Waals surface area (Å²) < 4.78 is 0. The highest BCUT2D eigenvalue weighted by Gasteiger charge is 2.27. The first-order valence-corrected chi connectivity index (χ1v) is 10.5. The van der Waals surface area contributed by atoms with Crippen LogP contribution in [0.4, 0.5) is 5.69 Å². The zero-order chi connectivity index (χ0) is 22.7. The van der Waals surface area contributed by atoms with Crippen LogP contribution in [0.25, 0.3) is 16.7 Å². The second kappa shape index (κ2) is 8.91. The predicted molar refractivity (Wildman–Crippen MR) is 126 cm³/mol. The first-order valence-electron chi connectivity index (χ1n) is 10.5. The molecule has 3 aromatic rings. The second-order valence-electron chi connectivity index (χ2n) is 8.05. The number of hydrogen-bond acceptors (Lipinski definition) is 4. The summed E-state index contributed by atoms with van der Waals surface area (Å²) in [4.78, 5) is 25.0. The molecule has 0 aliphatic carbocycles. The maximum absolute atomic E-state index is 12.6. The Bertz CT molecular complexity index is 1250. The number of carbonyl (C=O) groups is 2. The molecule has 5 heteroatoms. The van der Waals surface area contributed by atoms with E-state index in [1.165, 1.54) is 5.56 Å². The number of nitrogens with zero attached hydrogens (tertiary/aromatic N) is 1. The molecule has 4 rings (SSSR count). The molecule has 0 radical (unpaired) electrons. The average molecular weight is 422 g/mol. The molecule has 2 amide bonds. The molecular formula is C27H23N3O2. The lowest BCUT2D eigenvalue weighted by molar-refractivity contribution is -0.114. The maximum Gasteiger partial charge on any atom is 0.260 e. The van der Waals surface area contributed by atoms with Crippen molar-refractivity contribution in [2.45, 2.75) is 26.2 Å². The van der Waals surface area contributed by atoms with Crippen LogP contribution in [0, 0.1) is 11.3 Å². The summed E-state index contributed by atoms with van der Waals surface area (Å²) >= 11 is 0. The summed E-state index contributed by atoms with van der Waals surface area (Å²) in [7, 11) is 0. The lowest BCUT2D eigenvalue weighted by Gasteiger charge is -2.19. The van der Waals surface area contributed by atoms with Crippen LogP contribution in [-0.4, -0.2) is 11.8 Å². The van der Waals surface area contributed by atoms with Gasteiger partial charge in [0.1, 0.15) is 0 Å². The molecule has 0 bridgehead atoms. The zero-order valence-electron chi connectivity index (χ0n) is 18.0. The van der Waals surface area contributed by atoms with Crippen molar-refractivity contribution in [2.75, 3.05) is 5.32 Å². The molecule has 0 aromatic heterocycles. The van der Waals surface area contributed by atoms with E-state index in [1.54, 1.807) is 12.3 Å². The quantitative estimate of drug-likeness (QED) is 0.435. The molecule has 32 heavy (non-hydrogen) atoms. The van der Waals surface area contributed by atoms with E-state index in [1.807, 2.05) is 36.4 Å². The molecule has 0 fully saturated rings. The van der Waals surface area contributed by atoms with Crippen molar-refractivity contribution < 1.29 is 9.59 Å². The van der Waals surface area contributed by atoms with E-state index in [-0.39, 0.29) is 0 Å². The molecule has 0 unspecified atom stereocenters. The summed E-state index contributed by atoms with van der Waals surface area (Å²) in [6.45, 7) is 4.30. The van der Waals surface area contributed by atoms with Gasteiger partial charge in [-0.15, -0.1) is 0 Å². The summed E-state index contributed by atoms with van der Waals surface area (Å²) in [5.74, 6) is -0.392. The lowest BCUT2D eigenvalue weighted by Crippen LogP contribution is -2.36. The van der Waals surface area contributed by atoms with Crippen molar-refractivity contribution in [1.29, 1.82) is 5.26 Å². The van der Waals surface area contributed by atoms with Crippen LogP contribution >= 0.6 is 0 Å². The van der Waals surface area contributed by atoms with Gasteiger partial charge in [-0.2, -0.15) is 5.26 Å². The average Bonchev–Trinajstić information content (AvgIpc) is 2.80. The van der Waals surface area contributed by atoms with E-state index in [0.29, 0.717) is 29.0 Å². The molecule has 0 saturated carbocycles. The minimum Gasteiger partial charge on any atom is -0.361 e. The minimum atomic E-state index is -0.441. The Morgan fingerprint density at radius 1 is 0.906 bits per heavy atom. The normalized spacial score (nSPS) is 14.1. The Kier molecular flexibility index (Phi) is 5.87. The topological polar surface area (TPSA) is 82.0 Å². The van der Waals surface area contributed by atoms with E-state index in [4.69, 9.17) is 5.26 Å². The Hall–Kier alpha value is -4.17. The van der Waals surface area contributed by atoms with Crippen molar-refractivity contribution in [3.8, 4) is 17.2 Å². The van der Waals surface area contributed by atoms with Crippen LogP contribution in [-0.2, 0) is 11.2 Å². The van der Waals surface area contributed by atoms with Crippen LogP contribution < -0.4 is 10.6 Å². The molecule has 5 nitrogen and oxygen atoms in total. The van der Waals surface area contributed by atoms with Crippen molar-refractivity contribution in [1.82, 2.24) is 5.32 Å². The van der Waals surface area contributed by atoms with E-state index < -0.39 is 11.8 Å². The number of rotatable bonds is 5. The van der Waals surface area contributed by atoms with Gasteiger partial charge in [0.2, 0.25) is 0 Å². The third-order valence-electron chi connectivity index (χ3n) is 5.56. The van der Waals surface area contributed by atoms with E-state index in [9.17, 15) is 9.59 Å². The van der Waals surface area contributed by atoms with Crippen molar-refractivity contribution in [2.24, 2.45) is 0 Å². The van der Waals surface area contributed by atoms with Crippen LogP contribution in [0.2, 0.25) is 0 Å². The summed E-state index contributed by atoms with van der Waals surface area (Å²) in [6.07, 6.45) is 1.96. The number of nitrogens with one attached hydrogen (secondary N) is 2. The van der Waals surface area contributed by atoms with Gasteiger partial charge in [0, 0.05) is 23.0 Å². The summed E-state index contributed by atoms with van der Waals surface area (Å²) in [5.41, 5.74) is 6.37. The fourth-order valence-corrected chi connectivity index (χ4v) is 3.67. The highest BCUT2D eigenvalue weighted by Crippen LogP contribution is 2.30. The van der Waals surface area contributed by atoms with Gasteiger partial charge in [0.25, 0.3) is 11.8 Å². The molecule has 1 heterocycles. The number of anilines is 1. The predicted octanol–water partition coefficient (Wildman–Crippen LogP) is 5.27. The monoisotopic (exact) mass is 421 g/mol. The Morgan fingerprint density at radius 2 is 1.59 bits per heavy atom. The van der Waals surface area contributed by atoms with E-state index in [2.05, 4.69) is 54.8 Å². The number of benzene rings is 3. The third kappa shape index (κ3) is 4.30. The highest BCUT2D eigenvalue weighted by molar-refractivity contribution is 6.31. The molecule has 1 aliphatic rings. The van der Waals surface area contributed by atoms with Gasteiger partial charge in [-0.1, -0.05) is 56.3 Å². The Balaban J connectivity index is 1.68. The fraction of sp³-hybridized carbons (Fsp3) is 0.148. The number of hydrogen-bond donors (Lipinski definition) is 2. The number of nitriles is 1. The van der Waals surface area contributed by atoms with Crippen molar-refractivity contribution >= 4 is 23.1 Å². The Labute approximate surface area is 187 Å². The smallest absolute Gasteiger partial charge is 0.260 e. The number of imide groups is 1. The molecule has 0 atom stereocenters. The summed E-state index contributed by atoms with van der Waals surface area (Å²) in [5, 5.41) is 14.3. The van der Waals surface area contributed by atoms with E-state index in [0.717, 1.165) is 22.4 Å². The second-order valence-corrected chi connectivity index (χ2v) is 8.05. The highest BCUT2D eigenvalue weighted by atomic mass is 16.2. The van der Waals surface area contributed by atoms with Crippen LogP contribution in [0.5, 0.6) is 0 Å². The minimum absolute atomic E-state index is 0.347. The molecule has 1 aliphatic heterocycles. The van der Waals surface area contributed by atoms with Gasteiger partial charge >= 0.3 is 0 Å². The Morgan fingerprint density at radius 3 is 2.25 bits per heavy atom. The van der Waals surface area contributed by atoms with Gasteiger partial charge in [0.15, 0.2) is 0 Å². The van der Waals surface area contributed by atoms with Gasteiger partial charge in [0.05, 0.1) is 18.1 Å². The zero-order valence-corrected chi connectivity index (χ0v) is 18.0. The third-order valence-corrected chi connectivity index (χ3v) is 5.56. The first kappa shape index (κ1) is 21.1. The molecule has 0 spiro atoms. The number of amides is 2. The molecule has 3 aromatic carbocycles. The van der Waals surface area contributed by atoms with Gasteiger partial charge < -0.3 is 5.32 Å². The standard InChI is InChI=1S/C27H23N3O2/c1-17(2)19-5-7-20(8-6-19)21-9-12-23-24(15-21)25(27(32)30-26(23)31)16-29-22-10-3-18(4-11-22)13-14-28/h3-12,15-17,29H,13H2,1-2H3,(H,30,31,32). The molecule has 2 N–H and O–H groups in total. The van der Waals surface area contributed by atoms with E-state index >= 15 is 0 Å². The SMILES string of the molecule is CC(C)c1ccc(-c2ccc3c(c2)C(=CNc2ccc(CC#N)cc2)C(=O)NC3=O)cc1. The molecule has 158 valence electrons. The van der Waals surface area contributed by atoms with Crippen LogP contribution in [0.3, 0.4) is 0 Å².